The molecule has 0 aromatic heterocycles. The van der Waals surface area contributed by atoms with Gasteiger partial charge in [-0.25, -0.2) is 0 Å². The van der Waals surface area contributed by atoms with E-state index in [1.165, 1.54) is 0 Å². The maximum absolute atomic E-state index is 11.4. The lowest BCUT2D eigenvalue weighted by atomic mass is 9.89. The first-order valence-electron chi connectivity index (χ1n) is 5.84. The lowest BCUT2D eigenvalue weighted by Gasteiger charge is -2.17. The number of unbranched alkanes of at least 4 members (excludes halogenated alkanes) is 1. The first-order chi connectivity index (χ1) is 7.47. The van der Waals surface area contributed by atoms with E-state index < -0.39 is 5.97 Å². The molecule has 0 aromatic carbocycles. The van der Waals surface area contributed by atoms with Gasteiger partial charge >= 0.3 is 11.9 Å². The van der Waals surface area contributed by atoms with Crippen LogP contribution in [0.1, 0.15) is 46.5 Å². The molecule has 1 N–H and O–H groups in total. The molecule has 0 rings (SSSR count). The van der Waals surface area contributed by atoms with Crippen LogP contribution in [0.15, 0.2) is 0 Å². The van der Waals surface area contributed by atoms with E-state index in [1.54, 1.807) is 0 Å². The fraction of sp³-hybridized carbons (Fsp3) is 0.833. The zero-order valence-electron chi connectivity index (χ0n) is 10.4. The monoisotopic (exact) mass is 230 g/mol. The quantitative estimate of drug-likeness (QED) is 0.514. The molecule has 0 unspecified atom stereocenters. The summed E-state index contributed by atoms with van der Waals surface area (Å²) in [7, 11) is 0. The second kappa shape index (κ2) is 8.13. The lowest BCUT2D eigenvalue weighted by molar-refractivity contribution is -0.146. The van der Waals surface area contributed by atoms with Crippen LogP contribution in [0.25, 0.3) is 0 Å². The topological polar surface area (TPSA) is 63.6 Å². The molecule has 0 aliphatic heterocycles. The first-order valence-corrected chi connectivity index (χ1v) is 5.84. The summed E-state index contributed by atoms with van der Waals surface area (Å²) in [5.41, 5.74) is 0. The van der Waals surface area contributed by atoms with Gasteiger partial charge in [0.2, 0.25) is 0 Å². The van der Waals surface area contributed by atoms with Crippen molar-refractivity contribution in [3.05, 3.63) is 0 Å². The van der Waals surface area contributed by atoms with E-state index in [1.807, 2.05) is 20.8 Å². The number of carbonyl (C=O) groups excluding carboxylic acids is 1. The van der Waals surface area contributed by atoms with Crippen molar-refractivity contribution < 1.29 is 19.4 Å². The third-order valence-electron chi connectivity index (χ3n) is 2.57. The summed E-state index contributed by atoms with van der Waals surface area (Å²) in [4.78, 5) is 22.0. The number of carboxylic acids is 1. The third-order valence-corrected chi connectivity index (χ3v) is 2.57. The van der Waals surface area contributed by atoms with Crippen molar-refractivity contribution in [2.45, 2.75) is 46.5 Å². The molecule has 1 atom stereocenters. The molecule has 0 saturated heterocycles. The van der Waals surface area contributed by atoms with Gasteiger partial charge in [0.05, 0.1) is 6.61 Å². The smallest absolute Gasteiger partial charge is 0.306 e. The van der Waals surface area contributed by atoms with Gasteiger partial charge in [-0.1, -0.05) is 27.2 Å². The maximum atomic E-state index is 11.4. The molecule has 0 spiro atoms. The summed E-state index contributed by atoms with van der Waals surface area (Å²) in [6.07, 6.45) is 2.07. The van der Waals surface area contributed by atoms with E-state index in [9.17, 15) is 9.59 Å². The van der Waals surface area contributed by atoms with Crippen LogP contribution in [0.5, 0.6) is 0 Å². The minimum atomic E-state index is -0.861. The van der Waals surface area contributed by atoms with Crippen molar-refractivity contribution >= 4 is 11.9 Å². The van der Waals surface area contributed by atoms with Crippen LogP contribution < -0.4 is 0 Å². The maximum Gasteiger partial charge on any atom is 0.306 e. The summed E-state index contributed by atoms with van der Waals surface area (Å²) in [6, 6.07) is 0. The number of aliphatic carboxylic acids is 1. The Morgan fingerprint density at radius 2 is 1.88 bits per heavy atom. The predicted octanol–water partition coefficient (Wildman–Crippen LogP) is 2.47. The number of hydrogen-bond donors (Lipinski definition) is 1. The first kappa shape index (κ1) is 14.9. The number of rotatable bonds is 8. The molecule has 0 fully saturated rings. The van der Waals surface area contributed by atoms with E-state index in [-0.39, 0.29) is 30.6 Å². The van der Waals surface area contributed by atoms with Crippen LogP contribution in [-0.4, -0.2) is 23.7 Å². The van der Waals surface area contributed by atoms with Crippen molar-refractivity contribution in [2.75, 3.05) is 6.61 Å². The Morgan fingerprint density at radius 3 is 2.31 bits per heavy atom. The largest absolute Gasteiger partial charge is 0.481 e. The lowest BCUT2D eigenvalue weighted by Crippen LogP contribution is -2.19. The average Bonchev–Trinajstić information content (AvgIpc) is 2.16. The van der Waals surface area contributed by atoms with Gasteiger partial charge in [-0.05, 0) is 18.3 Å². The third kappa shape index (κ3) is 7.26. The van der Waals surface area contributed by atoms with Gasteiger partial charge in [0.25, 0.3) is 0 Å². The predicted molar refractivity (Wildman–Crippen MR) is 61.1 cm³/mol. The summed E-state index contributed by atoms with van der Waals surface area (Å²) in [5, 5.41) is 8.71. The van der Waals surface area contributed by atoms with Gasteiger partial charge in [0.15, 0.2) is 0 Å². The molecular weight excluding hydrogens is 208 g/mol. The second-order valence-corrected chi connectivity index (χ2v) is 4.38. The van der Waals surface area contributed by atoms with Gasteiger partial charge in [-0.3, -0.25) is 9.59 Å². The summed E-state index contributed by atoms with van der Waals surface area (Å²) < 4.78 is 5.01. The molecule has 4 nitrogen and oxygen atoms in total. The standard InChI is InChI=1S/C12H22O4/c1-4-5-6-16-12(15)8-10(9(2)3)7-11(13)14/h9-10H,4-8H2,1-3H3,(H,13,14)/t10-/m1/s1. The summed E-state index contributed by atoms with van der Waals surface area (Å²) >= 11 is 0. The van der Waals surface area contributed by atoms with Gasteiger partial charge in [0.1, 0.15) is 0 Å². The second-order valence-electron chi connectivity index (χ2n) is 4.38. The minimum Gasteiger partial charge on any atom is -0.481 e. The highest BCUT2D eigenvalue weighted by atomic mass is 16.5. The molecule has 94 valence electrons. The highest BCUT2D eigenvalue weighted by Crippen LogP contribution is 2.19. The zero-order valence-corrected chi connectivity index (χ0v) is 10.4. The molecule has 4 heteroatoms. The molecule has 16 heavy (non-hydrogen) atoms. The number of esters is 1. The van der Waals surface area contributed by atoms with Crippen molar-refractivity contribution in [3.8, 4) is 0 Å². The normalized spacial score (nSPS) is 12.5. The number of carbonyl (C=O) groups is 2. The van der Waals surface area contributed by atoms with Crippen LogP contribution in [0.2, 0.25) is 0 Å². The summed E-state index contributed by atoms with van der Waals surface area (Å²) in [6.45, 7) is 6.31. The van der Waals surface area contributed by atoms with E-state index in [2.05, 4.69) is 0 Å². The van der Waals surface area contributed by atoms with Crippen LogP contribution in [0, 0.1) is 11.8 Å². The fourth-order valence-electron chi connectivity index (χ4n) is 1.37. The van der Waals surface area contributed by atoms with E-state index in [4.69, 9.17) is 9.84 Å². The highest BCUT2D eigenvalue weighted by molar-refractivity contribution is 5.72. The molecule has 0 radical (unpaired) electrons. The molecule has 0 saturated carbocycles. The average molecular weight is 230 g/mol. The Bertz CT molecular complexity index is 223. The zero-order chi connectivity index (χ0) is 12.6. The van der Waals surface area contributed by atoms with Crippen molar-refractivity contribution in [2.24, 2.45) is 11.8 Å². The Morgan fingerprint density at radius 1 is 1.25 bits per heavy atom. The summed E-state index contributed by atoms with van der Waals surface area (Å²) in [5.74, 6) is -1.10. The fourth-order valence-corrected chi connectivity index (χ4v) is 1.37. The molecule has 0 aliphatic rings. The molecular formula is C12H22O4. The molecule has 0 aromatic rings. The highest BCUT2D eigenvalue weighted by Gasteiger charge is 2.21. The van der Waals surface area contributed by atoms with Crippen LogP contribution in [0.4, 0.5) is 0 Å². The van der Waals surface area contributed by atoms with Gasteiger partial charge < -0.3 is 9.84 Å². The molecule has 0 amide bonds. The molecule has 0 heterocycles. The van der Waals surface area contributed by atoms with Gasteiger partial charge in [-0.2, -0.15) is 0 Å². The number of carboxylic acid groups (broad SMARTS) is 1. The van der Waals surface area contributed by atoms with Crippen LogP contribution >= 0.6 is 0 Å². The van der Waals surface area contributed by atoms with E-state index in [0.717, 1.165) is 12.8 Å². The van der Waals surface area contributed by atoms with Crippen molar-refractivity contribution in [1.82, 2.24) is 0 Å². The van der Waals surface area contributed by atoms with Crippen molar-refractivity contribution in [3.63, 3.8) is 0 Å². The Kier molecular flexibility index (Phi) is 7.60. The Hall–Kier alpha value is -1.06. The van der Waals surface area contributed by atoms with Gasteiger partial charge in [-0.15, -0.1) is 0 Å². The number of hydrogen-bond acceptors (Lipinski definition) is 3. The molecule has 0 aliphatic carbocycles. The van der Waals surface area contributed by atoms with Crippen molar-refractivity contribution in [1.29, 1.82) is 0 Å². The van der Waals surface area contributed by atoms with E-state index in [0.29, 0.717) is 6.61 Å². The van der Waals surface area contributed by atoms with Crippen LogP contribution in [0.3, 0.4) is 0 Å². The molecule has 0 bridgehead atoms. The van der Waals surface area contributed by atoms with Crippen LogP contribution in [-0.2, 0) is 14.3 Å². The Balaban J connectivity index is 3.98. The number of ether oxygens (including phenoxy) is 1. The Labute approximate surface area is 97.0 Å². The van der Waals surface area contributed by atoms with Gasteiger partial charge in [0, 0.05) is 12.8 Å². The van der Waals surface area contributed by atoms with E-state index >= 15 is 0 Å². The SMILES string of the molecule is CCCCOC(=O)C[C@@H](CC(=O)O)C(C)C. The minimum absolute atomic E-state index is 0.0283.